The molecule has 1 N–H and O–H groups in total. The molecule has 92 valence electrons. The van der Waals surface area contributed by atoms with E-state index < -0.39 is 11.4 Å². The van der Waals surface area contributed by atoms with Gasteiger partial charge >= 0.3 is 0 Å². The molecule has 0 fully saturated rings. The lowest BCUT2D eigenvalue weighted by molar-refractivity contribution is 0.628. The van der Waals surface area contributed by atoms with Gasteiger partial charge in [0.25, 0.3) is 5.56 Å². The summed E-state index contributed by atoms with van der Waals surface area (Å²) in [5, 5.41) is 0.0692. The molecule has 2 aromatic rings. The minimum atomic E-state index is -0.571. The van der Waals surface area contributed by atoms with Crippen molar-refractivity contribution in [1.29, 1.82) is 0 Å². The standard InChI is InChI=1S/C9H5BrClFN2O.C2H6/c1-3-2-4-7(6(12)5(3)10)13-9(11)14-8(4)15;1-2/h2H,1H3,(H,13,14,15);1-2H3. The minimum absolute atomic E-state index is 0.0266. The van der Waals surface area contributed by atoms with Gasteiger partial charge in [-0.3, -0.25) is 9.78 Å². The summed E-state index contributed by atoms with van der Waals surface area (Å²) in [5.41, 5.74) is 0.162. The second-order valence-electron chi connectivity index (χ2n) is 3.07. The molecule has 0 unspecified atom stereocenters. The predicted octanol–water partition coefficient (Wildman–Crippen LogP) is 3.81. The van der Waals surface area contributed by atoms with E-state index in [4.69, 9.17) is 11.6 Å². The third kappa shape index (κ3) is 2.66. The molecule has 1 aromatic heterocycles. The predicted molar refractivity (Wildman–Crippen MR) is 71.1 cm³/mol. The van der Waals surface area contributed by atoms with Crippen molar-refractivity contribution < 1.29 is 4.39 Å². The van der Waals surface area contributed by atoms with E-state index in [0.717, 1.165) is 0 Å². The Balaban J connectivity index is 0.000000686. The van der Waals surface area contributed by atoms with E-state index in [9.17, 15) is 9.18 Å². The van der Waals surface area contributed by atoms with Crippen LogP contribution in [-0.2, 0) is 0 Å². The van der Waals surface area contributed by atoms with Crippen molar-refractivity contribution in [3.63, 3.8) is 0 Å². The first-order chi connectivity index (χ1) is 8.00. The molecular formula is C11H11BrClFN2O. The van der Waals surface area contributed by atoms with Crippen LogP contribution in [0.5, 0.6) is 0 Å². The maximum Gasteiger partial charge on any atom is 0.259 e. The normalized spacial score (nSPS) is 10.0. The third-order valence-corrected chi connectivity index (χ3v) is 3.19. The molecule has 0 aliphatic heterocycles. The number of H-pyrrole nitrogens is 1. The van der Waals surface area contributed by atoms with Gasteiger partial charge in [-0.2, -0.15) is 0 Å². The number of hydrogen-bond acceptors (Lipinski definition) is 2. The summed E-state index contributed by atoms with van der Waals surface area (Å²) >= 11 is 8.62. The highest BCUT2D eigenvalue weighted by Gasteiger charge is 2.13. The second kappa shape index (κ2) is 5.60. The molecule has 1 aromatic carbocycles. The van der Waals surface area contributed by atoms with Crippen LogP contribution in [-0.4, -0.2) is 9.97 Å². The SMILES string of the molecule is CC.Cc1cc2c(=O)[nH]c(Cl)nc2c(F)c1Br. The monoisotopic (exact) mass is 320 g/mol. The number of nitrogens with one attached hydrogen (secondary N) is 1. The Morgan fingerprint density at radius 2 is 2.06 bits per heavy atom. The zero-order chi connectivity index (χ0) is 13.2. The number of aromatic amines is 1. The molecule has 0 aliphatic carbocycles. The van der Waals surface area contributed by atoms with Gasteiger partial charge in [-0.05, 0) is 46.1 Å². The van der Waals surface area contributed by atoms with Gasteiger partial charge in [0, 0.05) is 0 Å². The van der Waals surface area contributed by atoms with Crippen LogP contribution in [0.1, 0.15) is 19.4 Å². The van der Waals surface area contributed by atoms with Crippen LogP contribution in [0, 0.1) is 12.7 Å². The minimum Gasteiger partial charge on any atom is -0.297 e. The van der Waals surface area contributed by atoms with E-state index in [2.05, 4.69) is 25.9 Å². The number of rotatable bonds is 0. The zero-order valence-electron chi connectivity index (χ0n) is 9.57. The van der Waals surface area contributed by atoms with Crippen LogP contribution in [0.2, 0.25) is 5.28 Å². The first kappa shape index (κ1) is 14.1. The van der Waals surface area contributed by atoms with E-state index in [-0.39, 0.29) is 16.2 Å². The van der Waals surface area contributed by atoms with E-state index in [1.807, 2.05) is 13.8 Å². The molecule has 0 saturated carbocycles. The van der Waals surface area contributed by atoms with Crippen molar-refractivity contribution in [2.45, 2.75) is 20.8 Å². The van der Waals surface area contributed by atoms with Crippen molar-refractivity contribution in [2.75, 3.05) is 0 Å². The summed E-state index contributed by atoms with van der Waals surface area (Å²) in [7, 11) is 0. The lowest BCUT2D eigenvalue weighted by atomic mass is 10.1. The number of benzene rings is 1. The van der Waals surface area contributed by atoms with Crippen LogP contribution in [0.15, 0.2) is 15.3 Å². The maximum atomic E-state index is 13.7. The fourth-order valence-corrected chi connectivity index (χ4v) is 1.79. The first-order valence-corrected chi connectivity index (χ1v) is 6.22. The Labute approximate surface area is 111 Å². The van der Waals surface area contributed by atoms with E-state index >= 15 is 0 Å². The van der Waals surface area contributed by atoms with Crippen LogP contribution >= 0.6 is 27.5 Å². The van der Waals surface area contributed by atoms with Crippen molar-refractivity contribution >= 4 is 38.4 Å². The molecule has 0 saturated heterocycles. The average molecular weight is 322 g/mol. The van der Waals surface area contributed by atoms with Gasteiger partial charge in [0.05, 0.1) is 9.86 Å². The number of nitrogens with zero attached hydrogens (tertiary/aromatic N) is 1. The molecule has 0 amide bonds. The molecule has 3 nitrogen and oxygen atoms in total. The topological polar surface area (TPSA) is 45.8 Å². The number of hydrogen-bond donors (Lipinski definition) is 1. The summed E-state index contributed by atoms with van der Waals surface area (Å²) in [4.78, 5) is 17.5. The Morgan fingerprint density at radius 1 is 1.47 bits per heavy atom. The lowest BCUT2D eigenvalue weighted by Crippen LogP contribution is -2.09. The summed E-state index contributed by atoms with van der Waals surface area (Å²) in [6.07, 6.45) is 0. The highest BCUT2D eigenvalue weighted by Crippen LogP contribution is 2.25. The van der Waals surface area contributed by atoms with Gasteiger partial charge < -0.3 is 0 Å². The van der Waals surface area contributed by atoms with E-state index in [0.29, 0.717) is 10.0 Å². The summed E-state index contributed by atoms with van der Waals surface area (Å²) in [5.74, 6) is -0.571. The average Bonchev–Trinajstić information content (AvgIpc) is 2.31. The first-order valence-electron chi connectivity index (χ1n) is 5.05. The maximum absolute atomic E-state index is 13.7. The molecule has 0 aliphatic rings. The highest BCUT2D eigenvalue weighted by molar-refractivity contribution is 9.10. The molecule has 1 heterocycles. The fourth-order valence-electron chi connectivity index (χ4n) is 1.31. The van der Waals surface area contributed by atoms with Gasteiger partial charge in [0.1, 0.15) is 5.52 Å². The van der Waals surface area contributed by atoms with Gasteiger partial charge in [-0.25, -0.2) is 9.37 Å². The number of aryl methyl sites for hydroxylation is 1. The molecule has 2 rings (SSSR count). The largest absolute Gasteiger partial charge is 0.297 e. The quantitative estimate of drug-likeness (QED) is 0.750. The van der Waals surface area contributed by atoms with Crippen molar-refractivity contribution in [3.05, 3.63) is 37.6 Å². The van der Waals surface area contributed by atoms with Gasteiger partial charge in [0.15, 0.2) is 5.82 Å². The summed E-state index contributed by atoms with van der Waals surface area (Å²) < 4.78 is 14.0. The summed E-state index contributed by atoms with van der Waals surface area (Å²) in [6, 6.07) is 1.56. The molecule has 6 heteroatoms. The van der Waals surface area contributed by atoms with Crippen LogP contribution in [0.25, 0.3) is 10.9 Å². The molecule has 0 radical (unpaired) electrons. The van der Waals surface area contributed by atoms with Gasteiger partial charge in [-0.1, -0.05) is 13.8 Å². The lowest BCUT2D eigenvalue weighted by Gasteiger charge is -2.03. The van der Waals surface area contributed by atoms with Gasteiger partial charge in [-0.15, -0.1) is 0 Å². The molecular weight excluding hydrogens is 310 g/mol. The van der Waals surface area contributed by atoms with Crippen molar-refractivity contribution in [3.8, 4) is 0 Å². The zero-order valence-corrected chi connectivity index (χ0v) is 11.9. The summed E-state index contributed by atoms with van der Waals surface area (Å²) in [6.45, 7) is 5.70. The molecule has 0 atom stereocenters. The fraction of sp³-hybridized carbons (Fsp3) is 0.273. The Hall–Kier alpha value is -0.940. The highest BCUT2D eigenvalue weighted by atomic mass is 79.9. The van der Waals surface area contributed by atoms with E-state index in [1.54, 1.807) is 13.0 Å². The Kier molecular flexibility index (Phi) is 4.65. The molecule has 17 heavy (non-hydrogen) atoms. The third-order valence-electron chi connectivity index (χ3n) is 2.03. The van der Waals surface area contributed by atoms with Crippen molar-refractivity contribution in [1.82, 2.24) is 9.97 Å². The molecule has 0 bridgehead atoms. The van der Waals surface area contributed by atoms with Crippen LogP contribution in [0.4, 0.5) is 4.39 Å². The van der Waals surface area contributed by atoms with Gasteiger partial charge in [0.2, 0.25) is 5.28 Å². The second-order valence-corrected chi connectivity index (χ2v) is 4.23. The Morgan fingerprint density at radius 3 is 2.65 bits per heavy atom. The Bertz CT molecular complexity index is 612. The number of fused-ring (bicyclic) bond motifs is 1. The smallest absolute Gasteiger partial charge is 0.259 e. The molecule has 0 spiro atoms. The van der Waals surface area contributed by atoms with Crippen LogP contribution in [0.3, 0.4) is 0 Å². The van der Waals surface area contributed by atoms with Crippen molar-refractivity contribution in [2.24, 2.45) is 0 Å². The van der Waals surface area contributed by atoms with E-state index in [1.165, 1.54) is 0 Å². The van der Waals surface area contributed by atoms with Crippen LogP contribution < -0.4 is 5.56 Å². The number of halogens is 3. The number of aromatic nitrogens is 2.